The standard InChI is InChI=1S/C17H17ClN2O2S/c1-22-15-7-3-6-14(11-15)19-17(21)20-8-9-23-16(20)12-4-2-5-13(18)10-12/h2-7,10-11,16H,8-9H2,1H3,(H,19,21). The number of ether oxygens (including phenoxy) is 1. The molecule has 0 saturated carbocycles. The molecule has 0 spiro atoms. The van der Waals surface area contributed by atoms with E-state index in [0.717, 1.165) is 17.0 Å². The monoisotopic (exact) mass is 348 g/mol. The lowest BCUT2D eigenvalue weighted by molar-refractivity contribution is 0.214. The average Bonchev–Trinajstić information content (AvgIpc) is 3.05. The van der Waals surface area contributed by atoms with Crippen molar-refractivity contribution in [1.82, 2.24) is 4.90 Å². The van der Waals surface area contributed by atoms with Gasteiger partial charge in [0.05, 0.1) is 7.11 Å². The van der Waals surface area contributed by atoms with Crippen LogP contribution in [0.2, 0.25) is 5.02 Å². The number of benzene rings is 2. The molecule has 23 heavy (non-hydrogen) atoms. The Morgan fingerprint density at radius 2 is 2.13 bits per heavy atom. The average molecular weight is 349 g/mol. The molecule has 2 aromatic carbocycles. The Bertz CT molecular complexity index is 710. The Morgan fingerprint density at radius 1 is 1.30 bits per heavy atom. The van der Waals surface area contributed by atoms with E-state index in [1.54, 1.807) is 24.9 Å². The van der Waals surface area contributed by atoms with Crippen LogP contribution in [0.1, 0.15) is 10.9 Å². The summed E-state index contributed by atoms with van der Waals surface area (Å²) in [7, 11) is 1.60. The molecule has 1 atom stereocenters. The zero-order valence-corrected chi connectivity index (χ0v) is 14.2. The van der Waals surface area contributed by atoms with Crippen molar-refractivity contribution < 1.29 is 9.53 Å². The van der Waals surface area contributed by atoms with Crippen molar-refractivity contribution in [3.63, 3.8) is 0 Å². The van der Waals surface area contributed by atoms with E-state index in [4.69, 9.17) is 16.3 Å². The molecule has 1 saturated heterocycles. The number of nitrogens with zero attached hydrogens (tertiary/aromatic N) is 1. The molecule has 0 aliphatic carbocycles. The first-order valence-corrected chi connectivity index (χ1v) is 8.69. The third kappa shape index (κ3) is 3.74. The lowest BCUT2D eigenvalue weighted by Crippen LogP contribution is -2.34. The summed E-state index contributed by atoms with van der Waals surface area (Å²) < 4.78 is 5.18. The Hall–Kier alpha value is -1.85. The Balaban J connectivity index is 1.75. The fraction of sp³-hybridized carbons (Fsp3) is 0.235. The Kier molecular flexibility index (Phi) is 4.98. The fourth-order valence-electron chi connectivity index (χ4n) is 2.51. The van der Waals surface area contributed by atoms with Gasteiger partial charge in [0.1, 0.15) is 11.1 Å². The zero-order chi connectivity index (χ0) is 16.2. The zero-order valence-electron chi connectivity index (χ0n) is 12.7. The quantitative estimate of drug-likeness (QED) is 0.879. The van der Waals surface area contributed by atoms with Gasteiger partial charge in [-0.3, -0.25) is 0 Å². The van der Waals surface area contributed by atoms with Crippen LogP contribution in [0.5, 0.6) is 5.75 Å². The van der Waals surface area contributed by atoms with Gasteiger partial charge in [-0.1, -0.05) is 29.8 Å². The summed E-state index contributed by atoms with van der Waals surface area (Å²) in [6.45, 7) is 0.706. The lowest BCUT2D eigenvalue weighted by atomic mass is 10.2. The van der Waals surface area contributed by atoms with Crippen molar-refractivity contribution in [2.75, 3.05) is 24.7 Å². The second kappa shape index (κ2) is 7.15. The van der Waals surface area contributed by atoms with Crippen LogP contribution in [0.4, 0.5) is 10.5 Å². The fourth-order valence-corrected chi connectivity index (χ4v) is 3.95. The lowest BCUT2D eigenvalue weighted by Gasteiger charge is -2.24. The number of hydrogen-bond donors (Lipinski definition) is 1. The third-order valence-electron chi connectivity index (χ3n) is 3.61. The number of anilines is 1. The summed E-state index contributed by atoms with van der Waals surface area (Å²) in [5.41, 5.74) is 1.76. The minimum absolute atomic E-state index is 0.0145. The van der Waals surface area contributed by atoms with Crippen LogP contribution in [0.15, 0.2) is 48.5 Å². The molecule has 2 amide bonds. The number of thioether (sulfide) groups is 1. The summed E-state index contributed by atoms with van der Waals surface area (Å²) in [5.74, 6) is 1.62. The van der Waals surface area contributed by atoms with Crippen LogP contribution in [0, 0.1) is 0 Å². The predicted molar refractivity (Wildman–Crippen MR) is 95.4 cm³/mol. The van der Waals surface area contributed by atoms with E-state index in [9.17, 15) is 4.79 Å². The van der Waals surface area contributed by atoms with Gasteiger partial charge in [0.15, 0.2) is 0 Å². The summed E-state index contributed by atoms with van der Waals surface area (Å²) in [6, 6.07) is 14.9. The number of rotatable bonds is 3. The number of urea groups is 1. The molecule has 2 aromatic rings. The smallest absolute Gasteiger partial charge is 0.323 e. The Morgan fingerprint density at radius 3 is 2.91 bits per heavy atom. The van der Waals surface area contributed by atoms with Crippen LogP contribution in [0.3, 0.4) is 0 Å². The predicted octanol–water partition coefficient (Wildman–Crippen LogP) is 4.63. The van der Waals surface area contributed by atoms with Gasteiger partial charge in [0.2, 0.25) is 0 Å². The highest BCUT2D eigenvalue weighted by Crippen LogP contribution is 2.38. The van der Waals surface area contributed by atoms with Gasteiger partial charge in [-0.25, -0.2) is 4.79 Å². The van der Waals surface area contributed by atoms with E-state index in [0.29, 0.717) is 17.3 Å². The maximum Gasteiger partial charge on any atom is 0.323 e. The Labute approximate surface area is 144 Å². The maximum absolute atomic E-state index is 12.6. The first-order chi connectivity index (χ1) is 11.2. The first-order valence-electron chi connectivity index (χ1n) is 7.26. The minimum atomic E-state index is -0.117. The van der Waals surface area contributed by atoms with Crippen molar-refractivity contribution in [2.24, 2.45) is 0 Å². The molecular formula is C17H17ClN2O2S. The molecule has 0 aromatic heterocycles. The van der Waals surface area contributed by atoms with Gasteiger partial charge in [-0.05, 0) is 29.8 Å². The van der Waals surface area contributed by atoms with Crippen molar-refractivity contribution in [2.45, 2.75) is 5.37 Å². The van der Waals surface area contributed by atoms with E-state index in [1.807, 2.05) is 47.4 Å². The van der Waals surface area contributed by atoms with Crippen molar-refractivity contribution in [3.05, 3.63) is 59.1 Å². The number of nitrogens with one attached hydrogen (secondary N) is 1. The summed E-state index contributed by atoms with van der Waals surface area (Å²) in [4.78, 5) is 14.4. The summed E-state index contributed by atoms with van der Waals surface area (Å²) >= 11 is 7.81. The van der Waals surface area contributed by atoms with E-state index in [1.165, 1.54) is 0 Å². The van der Waals surface area contributed by atoms with Gasteiger partial charge in [0, 0.05) is 29.1 Å². The van der Waals surface area contributed by atoms with Gasteiger partial charge in [0.25, 0.3) is 0 Å². The van der Waals surface area contributed by atoms with Crippen LogP contribution in [-0.2, 0) is 0 Å². The van der Waals surface area contributed by atoms with Gasteiger partial charge >= 0.3 is 6.03 Å². The van der Waals surface area contributed by atoms with Crippen LogP contribution < -0.4 is 10.1 Å². The minimum Gasteiger partial charge on any atom is -0.497 e. The first kappa shape index (κ1) is 16.0. The van der Waals surface area contributed by atoms with Gasteiger partial charge in [-0.2, -0.15) is 0 Å². The maximum atomic E-state index is 12.6. The summed E-state index contributed by atoms with van der Waals surface area (Å²) in [5, 5.41) is 3.60. The highest BCUT2D eigenvalue weighted by molar-refractivity contribution is 7.99. The number of methoxy groups -OCH3 is 1. The highest BCUT2D eigenvalue weighted by atomic mass is 35.5. The third-order valence-corrected chi connectivity index (χ3v) is 5.10. The van der Waals surface area contributed by atoms with Crippen LogP contribution in [0.25, 0.3) is 0 Å². The molecule has 4 nitrogen and oxygen atoms in total. The largest absolute Gasteiger partial charge is 0.497 e. The number of carbonyl (C=O) groups excluding carboxylic acids is 1. The SMILES string of the molecule is COc1cccc(NC(=O)N2CCSC2c2cccc(Cl)c2)c1. The number of amides is 2. The molecule has 1 fully saturated rings. The highest BCUT2D eigenvalue weighted by Gasteiger charge is 2.30. The molecule has 120 valence electrons. The van der Waals surface area contributed by atoms with Crippen molar-refractivity contribution in [3.8, 4) is 5.75 Å². The topological polar surface area (TPSA) is 41.6 Å². The molecule has 1 aliphatic heterocycles. The molecule has 3 rings (SSSR count). The van der Waals surface area contributed by atoms with Gasteiger partial charge in [-0.15, -0.1) is 11.8 Å². The molecule has 0 radical (unpaired) electrons. The normalized spacial score (nSPS) is 17.1. The molecular weight excluding hydrogens is 332 g/mol. The number of hydrogen-bond acceptors (Lipinski definition) is 3. The molecule has 1 heterocycles. The number of halogens is 1. The molecule has 1 unspecified atom stereocenters. The van der Waals surface area contributed by atoms with E-state index < -0.39 is 0 Å². The van der Waals surface area contributed by atoms with Crippen molar-refractivity contribution in [1.29, 1.82) is 0 Å². The van der Waals surface area contributed by atoms with Crippen LogP contribution >= 0.6 is 23.4 Å². The molecule has 0 bridgehead atoms. The van der Waals surface area contributed by atoms with Crippen LogP contribution in [-0.4, -0.2) is 30.3 Å². The second-order valence-electron chi connectivity index (χ2n) is 5.13. The second-order valence-corrected chi connectivity index (χ2v) is 6.76. The van der Waals surface area contributed by atoms with E-state index in [2.05, 4.69) is 5.32 Å². The van der Waals surface area contributed by atoms with E-state index in [-0.39, 0.29) is 11.4 Å². The van der Waals surface area contributed by atoms with E-state index >= 15 is 0 Å². The molecule has 6 heteroatoms. The summed E-state index contributed by atoms with van der Waals surface area (Å²) in [6.07, 6.45) is 0. The number of carbonyl (C=O) groups is 1. The molecule has 1 aliphatic rings. The van der Waals surface area contributed by atoms with Crippen molar-refractivity contribution >= 4 is 35.1 Å². The van der Waals surface area contributed by atoms with Gasteiger partial charge < -0.3 is 15.0 Å². The molecule has 1 N–H and O–H groups in total.